The van der Waals surface area contributed by atoms with Crippen LogP contribution in [0.5, 0.6) is 5.88 Å². The Morgan fingerprint density at radius 1 is 1.47 bits per heavy atom. The van der Waals surface area contributed by atoms with Gasteiger partial charge in [0.2, 0.25) is 11.8 Å². The third kappa shape index (κ3) is 1.58. The van der Waals surface area contributed by atoms with Gasteiger partial charge in [0.15, 0.2) is 5.65 Å². The highest BCUT2D eigenvalue weighted by Crippen LogP contribution is 2.16. The minimum atomic E-state index is 0.582. The minimum Gasteiger partial charge on any atom is -0.477 e. The predicted molar refractivity (Wildman–Crippen MR) is 56.2 cm³/mol. The summed E-state index contributed by atoms with van der Waals surface area (Å²) in [5.74, 6) is 1.19. The number of aryl methyl sites for hydroxylation is 1. The fourth-order valence-electron chi connectivity index (χ4n) is 1.37. The van der Waals surface area contributed by atoms with Crippen LogP contribution in [0.2, 0.25) is 0 Å². The molecule has 80 valence electrons. The Bertz CT molecular complexity index is 479. The van der Waals surface area contributed by atoms with Crippen LogP contribution in [-0.2, 0) is 0 Å². The molecule has 0 bridgehead atoms. The third-order valence-electron chi connectivity index (χ3n) is 2.05. The molecule has 2 aromatic rings. The van der Waals surface area contributed by atoms with Crippen molar-refractivity contribution in [2.45, 2.75) is 13.8 Å². The molecule has 15 heavy (non-hydrogen) atoms. The Morgan fingerprint density at radius 3 is 2.93 bits per heavy atom. The van der Waals surface area contributed by atoms with Gasteiger partial charge in [-0.15, -0.1) is 15.3 Å². The van der Waals surface area contributed by atoms with Crippen molar-refractivity contribution >= 4 is 11.6 Å². The first-order valence-corrected chi connectivity index (χ1v) is 4.80. The normalized spacial score (nSPS) is 10.6. The SMILES string of the molecule is CCOc1cc(C)c2nnc(NC)n2n1. The standard InChI is InChI=1S/C9H13N5O/c1-4-15-7-5-6(2)8-11-12-9(10-3)14(8)13-7/h5H,4H2,1-3H3,(H,10,12). The van der Waals surface area contributed by atoms with Gasteiger partial charge in [0, 0.05) is 18.7 Å². The quantitative estimate of drug-likeness (QED) is 0.809. The van der Waals surface area contributed by atoms with Crippen LogP contribution >= 0.6 is 0 Å². The van der Waals surface area contributed by atoms with Crippen molar-refractivity contribution in [3.63, 3.8) is 0 Å². The number of anilines is 1. The Balaban J connectivity index is 2.60. The molecule has 0 aliphatic carbocycles. The second kappa shape index (κ2) is 3.72. The minimum absolute atomic E-state index is 0.582. The summed E-state index contributed by atoms with van der Waals surface area (Å²) in [4.78, 5) is 0. The molecule has 0 atom stereocenters. The van der Waals surface area contributed by atoms with Crippen molar-refractivity contribution in [1.82, 2.24) is 19.8 Å². The van der Waals surface area contributed by atoms with E-state index in [1.54, 1.807) is 11.6 Å². The number of ether oxygens (including phenoxy) is 1. The van der Waals surface area contributed by atoms with Gasteiger partial charge in [0.1, 0.15) is 0 Å². The average Bonchev–Trinajstić information content (AvgIpc) is 2.61. The van der Waals surface area contributed by atoms with Crippen LogP contribution in [0.1, 0.15) is 12.5 Å². The summed E-state index contributed by atoms with van der Waals surface area (Å²) in [5, 5.41) is 15.2. The zero-order chi connectivity index (χ0) is 10.8. The van der Waals surface area contributed by atoms with Crippen LogP contribution in [0, 0.1) is 6.92 Å². The Morgan fingerprint density at radius 2 is 2.27 bits per heavy atom. The highest BCUT2D eigenvalue weighted by atomic mass is 16.5. The molecule has 0 unspecified atom stereocenters. The third-order valence-corrected chi connectivity index (χ3v) is 2.05. The van der Waals surface area contributed by atoms with Gasteiger partial charge in [-0.1, -0.05) is 0 Å². The van der Waals surface area contributed by atoms with E-state index in [9.17, 15) is 0 Å². The summed E-state index contributed by atoms with van der Waals surface area (Å²) >= 11 is 0. The van der Waals surface area contributed by atoms with Crippen LogP contribution in [0.4, 0.5) is 5.95 Å². The van der Waals surface area contributed by atoms with Gasteiger partial charge < -0.3 is 10.1 Å². The summed E-state index contributed by atoms with van der Waals surface area (Å²) in [6.45, 7) is 4.47. The number of fused-ring (bicyclic) bond motifs is 1. The molecular formula is C9H13N5O. The molecule has 2 aromatic heterocycles. The van der Waals surface area contributed by atoms with E-state index >= 15 is 0 Å². The smallest absolute Gasteiger partial charge is 0.245 e. The Hall–Kier alpha value is -1.85. The van der Waals surface area contributed by atoms with E-state index in [0.29, 0.717) is 18.4 Å². The summed E-state index contributed by atoms with van der Waals surface area (Å²) in [6.07, 6.45) is 0. The van der Waals surface area contributed by atoms with Crippen LogP contribution < -0.4 is 10.1 Å². The molecule has 0 amide bonds. The van der Waals surface area contributed by atoms with E-state index in [-0.39, 0.29) is 0 Å². The lowest BCUT2D eigenvalue weighted by Crippen LogP contribution is -2.03. The lowest BCUT2D eigenvalue weighted by Gasteiger charge is -2.04. The molecule has 0 aliphatic heterocycles. The van der Waals surface area contributed by atoms with E-state index in [1.807, 2.05) is 19.9 Å². The van der Waals surface area contributed by atoms with Crippen LogP contribution in [0.15, 0.2) is 6.07 Å². The summed E-state index contributed by atoms with van der Waals surface area (Å²) in [5.41, 5.74) is 1.73. The van der Waals surface area contributed by atoms with E-state index < -0.39 is 0 Å². The highest BCUT2D eigenvalue weighted by Gasteiger charge is 2.09. The molecule has 6 heteroatoms. The molecular weight excluding hydrogens is 194 g/mol. The second-order valence-electron chi connectivity index (χ2n) is 3.11. The number of hydrogen-bond donors (Lipinski definition) is 1. The molecule has 1 N–H and O–H groups in total. The molecule has 0 saturated carbocycles. The largest absolute Gasteiger partial charge is 0.477 e. The van der Waals surface area contributed by atoms with Crippen LogP contribution in [-0.4, -0.2) is 33.5 Å². The van der Waals surface area contributed by atoms with Gasteiger partial charge in [-0.2, -0.15) is 4.52 Å². The molecule has 0 aliphatic rings. The first-order valence-electron chi connectivity index (χ1n) is 4.80. The molecule has 2 heterocycles. The van der Waals surface area contributed by atoms with Crippen LogP contribution in [0.3, 0.4) is 0 Å². The maximum absolute atomic E-state index is 5.35. The summed E-state index contributed by atoms with van der Waals surface area (Å²) in [7, 11) is 1.78. The fraction of sp³-hybridized carbons (Fsp3) is 0.444. The zero-order valence-corrected chi connectivity index (χ0v) is 8.98. The number of hydrogen-bond acceptors (Lipinski definition) is 5. The van der Waals surface area contributed by atoms with Crippen molar-refractivity contribution < 1.29 is 4.74 Å². The van der Waals surface area contributed by atoms with Crippen molar-refractivity contribution in [3.05, 3.63) is 11.6 Å². The first-order chi connectivity index (χ1) is 7.26. The van der Waals surface area contributed by atoms with Gasteiger partial charge in [0.05, 0.1) is 6.61 Å². The van der Waals surface area contributed by atoms with Crippen molar-refractivity contribution in [3.8, 4) is 5.88 Å². The first kappa shape index (κ1) is 9.70. The number of aromatic nitrogens is 4. The highest BCUT2D eigenvalue weighted by molar-refractivity contribution is 5.50. The average molecular weight is 207 g/mol. The second-order valence-corrected chi connectivity index (χ2v) is 3.11. The van der Waals surface area contributed by atoms with Crippen LogP contribution in [0.25, 0.3) is 5.65 Å². The van der Waals surface area contributed by atoms with E-state index in [0.717, 1.165) is 11.2 Å². The Labute approximate surface area is 87.3 Å². The lowest BCUT2D eigenvalue weighted by molar-refractivity contribution is 0.321. The van der Waals surface area contributed by atoms with E-state index in [1.165, 1.54) is 0 Å². The Kier molecular flexibility index (Phi) is 2.40. The number of nitrogens with zero attached hydrogens (tertiary/aromatic N) is 4. The van der Waals surface area contributed by atoms with Crippen molar-refractivity contribution in [1.29, 1.82) is 0 Å². The van der Waals surface area contributed by atoms with Gasteiger partial charge in [-0.05, 0) is 13.8 Å². The predicted octanol–water partition coefficient (Wildman–Crippen LogP) is 0.873. The molecule has 0 aromatic carbocycles. The maximum Gasteiger partial charge on any atom is 0.245 e. The van der Waals surface area contributed by atoms with Crippen molar-refractivity contribution in [2.24, 2.45) is 0 Å². The topological polar surface area (TPSA) is 64.3 Å². The van der Waals surface area contributed by atoms with Gasteiger partial charge in [-0.3, -0.25) is 0 Å². The van der Waals surface area contributed by atoms with Gasteiger partial charge in [0.25, 0.3) is 0 Å². The van der Waals surface area contributed by atoms with E-state index in [2.05, 4.69) is 20.6 Å². The molecule has 0 radical (unpaired) electrons. The van der Waals surface area contributed by atoms with E-state index in [4.69, 9.17) is 4.74 Å². The molecule has 0 fully saturated rings. The zero-order valence-electron chi connectivity index (χ0n) is 8.98. The summed E-state index contributed by atoms with van der Waals surface area (Å²) < 4.78 is 6.99. The molecule has 6 nitrogen and oxygen atoms in total. The molecule has 0 saturated heterocycles. The monoisotopic (exact) mass is 207 g/mol. The summed E-state index contributed by atoms with van der Waals surface area (Å²) in [6, 6.07) is 1.85. The van der Waals surface area contributed by atoms with Gasteiger partial charge >= 0.3 is 0 Å². The number of nitrogens with one attached hydrogen (secondary N) is 1. The molecule has 0 spiro atoms. The van der Waals surface area contributed by atoms with Crippen molar-refractivity contribution in [2.75, 3.05) is 19.0 Å². The fourth-order valence-corrected chi connectivity index (χ4v) is 1.37. The van der Waals surface area contributed by atoms with Gasteiger partial charge in [-0.25, -0.2) is 0 Å². The lowest BCUT2D eigenvalue weighted by atomic mass is 10.3. The maximum atomic E-state index is 5.35. The molecule has 2 rings (SSSR count). The number of rotatable bonds is 3.